The third-order valence-corrected chi connectivity index (χ3v) is 2.78. The molecule has 0 unspecified atom stereocenters. The van der Waals surface area contributed by atoms with E-state index in [-0.39, 0.29) is 6.10 Å². The number of rotatable bonds is 3. The molecule has 2 nitrogen and oxygen atoms in total. The molecule has 0 fully saturated rings. The van der Waals surface area contributed by atoms with Crippen LogP contribution < -0.4 is 0 Å². The van der Waals surface area contributed by atoms with Gasteiger partial charge in [-0.1, -0.05) is 24.3 Å². The molecule has 80 valence electrons. The van der Waals surface area contributed by atoms with Crippen molar-refractivity contribution in [2.24, 2.45) is 0 Å². The number of benzene rings is 1. The molecule has 0 atom stereocenters. The van der Waals surface area contributed by atoms with E-state index in [4.69, 9.17) is 4.74 Å². The molecule has 15 heavy (non-hydrogen) atoms. The number of aldehydes is 1. The fraction of sp³-hybridized carbons (Fsp3) is 0.462. The summed E-state index contributed by atoms with van der Waals surface area (Å²) in [6.45, 7) is 3.93. The van der Waals surface area contributed by atoms with Crippen LogP contribution in [-0.2, 0) is 22.4 Å². The lowest BCUT2D eigenvalue weighted by Crippen LogP contribution is -2.37. The second-order valence-electron chi connectivity index (χ2n) is 4.47. The van der Waals surface area contributed by atoms with Crippen LogP contribution in [0.4, 0.5) is 0 Å². The molecule has 0 spiro atoms. The Labute approximate surface area is 90.3 Å². The van der Waals surface area contributed by atoms with Gasteiger partial charge in [-0.15, -0.1) is 0 Å². The van der Waals surface area contributed by atoms with Gasteiger partial charge >= 0.3 is 0 Å². The Morgan fingerprint density at radius 1 is 1.27 bits per heavy atom. The minimum atomic E-state index is -0.613. The third-order valence-electron chi connectivity index (χ3n) is 2.78. The van der Waals surface area contributed by atoms with E-state index in [2.05, 4.69) is 12.1 Å². The average molecular weight is 204 g/mol. The van der Waals surface area contributed by atoms with Crippen LogP contribution in [0.2, 0.25) is 0 Å². The monoisotopic (exact) mass is 204 g/mol. The van der Waals surface area contributed by atoms with Crippen molar-refractivity contribution in [3.8, 4) is 0 Å². The minimum absolute atomic E-state index is 0.0875. The molecule has 0 N–H and O–H groups in total. The second kappa shape index (κ2) is 3.78. The summed E-state index contributed by atoms with van der Waals surface area (Å²) in [5, 5.41) is 0. The highest BCUT2D eigenvalue weighted by molar-refractivity contribution is 5.67. The Kier molecular flexibility index (Phi) is 2.61. The molecular formula is C13H16O2. The maximum Gasteiger partial charge on any atom is 0.152 e. The molecule has 0 bridgehead atoms. The van der Waals surface area contributed by atoms with Crippen molar-refractivity contribution >= 4 is 6.29 Å². The number of carbonyl (C=O) groups is 1. The van der Waals surface area contributed by atoms with E-state index in [0.29, 0.717) is 12.8 Å². The Hall–Kier alpha value is -1.15. The first-order valence-corrected chi connectivity index (χ1v) is 5.36. The zero-order valence-electron chi connectivity index (χ0n) is 9.19. The van der Waals surface area contributed by atoms with Crippen LogP contribution in [0.1, 0.15) is 25.0 Å². The highest BCUT2D eigenvalue weighted by atomic mass is 16.5. The summed E-state index contributed by atoms with van der Waals surface area (Å²) in [4.78, 5) is 11.2. The summed E-state index contributed by atoms with van der Waals surface area (Å²) in [5.74, 6) is 0. The molecule has 2 rings (SSSR count). The van der Waals surface area contributed by atoms with E-state index in [1.54, 1.807) is 0 Å². The van der Waals surface area contributed by atoms with Crippen LogP contribution in [0.5, 0.6) is 0 Å². The summed E-state index contributed by atoms with van der Waals surface area (Å²) < 4.78 is 5.76. The van der Waals surface area contributed by atoms with Gasteiger partial charge in [-0.25, -0.2) is 0 Å². The van der Waals surface area contributed by atoms with Gasteiger partial charge in [-0.3, -0.25) is 0 Å². The highest BCUT2D eigenvalue weighted by Gasteiger charge is 2.38. The Bertz CT molecular complexity index is 344. The average Bonchev–Trinajstić information content (AvgIpc) is 2.55. The molecule has 1 aromatic rings. The molecule has 0 saturated heterocycles. The van der Waals surface area contributed by atoms with Gasteiger partial charge < -0.3 is 9.53 Å². The smallest absolute Gasteiger partial charge is 0.152 e. The number of carbonyl (C=O) groups excluding carboxylic acids is 1. The lowest BCUT2D eigenvalue weighted by molar-refractivity contribution is -0.135. The van der Waals surface area contributed by atoms with Crippen molar-refractivity contribution in [3.05, 3.63) is 35.4 Å². The third kappa shape index (κ3) is 1.95. The van der Waals surface area contributed by atoms with Crippen molar-refractivity contribution in [1.29, 1.82) is 0 Å². The SMILES string of the molecule is CC(C)OC1(C=O)Cc2ccccc2C1. The van der Waals surface area contributed by atoms with Crippen molar-refractivity contribution < 1.29 is 9.53 Å². The van der Waals surface area contributed by atoms with Crippen LogP contribution >= 0.6 is 0 Å². The topological polar surface area (TPSA) is 26.3 Å². The Balaban J connectivity index is 2.25. The molecule has 0 amide bonds. The zero-order chi connectivity index (χ0) is 10.9. The summed E-state index contributed by atoms with van der Waals surface area (Å²) in [5.41, 5.74) is 1.87. The molecule has 1 aromatic carbocycles. The van der Waals surface area contributed by atoms with E-state index in [1.165, 1.54) is 11.1 Å². The fourth-order valence-corrected chi connectivity index (χ4v) is 2.27. The van der Waals surface area contributed by atoms with Gasteiger partial charge in [-0.2, -0.15) is 0 Å². The van der Waals surface area contributed by atoms with Gasteiger partial charge in [0.2, 0.25) is 0 Å². The Morgan fingerprint density at radius 3 is 2.20 bits per heavy atom. The largest absolute Gasteiger partial charge is 0.364 e. The van der Waals surface area contributed by atoms with Gasteiger partial charge in [0.25, 0.3) is 0 Å². The van der Waals surface area contributed by atoms with Crippen LogP contribution in [0.25, 0.3) is 0 Å². The van der Waals surface area contributed by atoms with E-state index >= 15 is 0 Å². The molecule has 0 heterocycles. The first kappa shape index (κ1) is 10.4. The molecule has 0 aliphatic heterocycles. The molecule has 1 aliphatic carbocycles. The van der Waals surface area contributed by atoms with Gasteiger partial charge in [0.15, 0.2) is 6.29 Å². The standard InChI is InChI=1S/C13H16O2/c1-10(2)15-13(9-14)7-11-5-3-4-6-12(11)8-13/h3-6,9-10H,7-8H2,1-2H3. The lowest BCUT2D eigenvalue weighted by Gasteiger charge is -2.25. The van der Waals surface area contributed by atoms with E-state index in [9.17, 15) is 4.79 Å². The van der Waals surface area contributed by atoms with E-state index in [0.717, 1.165) is 6.29 Å². The van der Waals surface area contributed by atoms with Crippen molar-refractivity contribution in [3.63, 3.8) is 0 Å². The van der Waals surface area contributed by atoms with Crippen LogP contribution in [0.3, 0.4) is 0 Å². The first-order valence-electron chi connectivity index (χ1n) is 5.36. The quantitative estimate of drug-likeness (QED) is 0.705. The zero-order valence-corrected chi connectivity index (χ0v) is 9.19. The molecule has 2 heteroatoms. The molecule has 0 saturated carbocycles. The van der Waals surface area contributed by atoms with Gasteiger partial charge in [0.05, 0.1) is 6.10 Å². The van der Waals surface area contributed by atoms with Crippen LogP contribution in [0, 0.1) is 0 Å². The maximum atomic E-state index is 11.2. The lowest BCUT2D eigenvalue weighted by atomic mass is 10.0. The first-order chi connectivity index (χ1) is 7.15. The fourth-order valence-electron chi connectivity index (χ4n) is 2.27. The van der Waals surface area contributed by atoms with Gasteiger partial charge in [0.1, 0.15) is 5.60 Å². The van der Waals surface area contributed by atoms with E-state index < -0.39 is 5.60 Å². The van der Waals surface area contributed by atoms with Gasteiger partial charge in [-0.05, 0) is 25.0 Å². The van der Waals surface area contributed by atoms with Crippen molar-refractivity contribution in [2.75, 3.05) is 0 Å². The number of ether oxygens (including phenoxy) is 1. The molecule has 0 radical (unpaired) electrons. The van der Waals surface area contributed by atoms with Crippen molar-refractivity contribution in [1.82, 2.24) is 0 Å². The maximum absolute atomic E-state index is 11.2. The normalized spacial score (nSPS) is 17.8. The highest BCUT2D eigenvalue weighted by Crippen LogP contribution is 2.32. The molecule has 0 aromatic heterocycles. The van der Waals surface area contributed by atoms with E-state index in [1.807, 2.05) is 26.0 Å². The predicted molar refractivity (Wildman–Crippen MR) is 58.9 cm³/mol. The number of hydrogen-bond donors (Lipinski definition) is 0. The summed E-state index contributed by atoms with van der Waals surface area (Å²) >= 11 is 0. The number of fused-ring (bicyclic) bond motifs is 1. The summed E-state index contributed by atoms with van der Waals surface area (Å²) in [7, 11) is 0. The minimum Gasteiger partial charge on any atom is -0.364 e. The van der Waals surface area contributed by atoms with Gasteiger partial charge in [0, 0.05) is 12.8 Å². The van der Waals surface area contributed by atoms with Crippen LogP contribution in [0.15, 0.2) is 24.3 Å². The summed E-state index contributed by atoms with van der Waals surface area (Å²) in [6.07, 6.45) is 2.48. The number of hydrogen-bond acceptors (Lipinski definition) is 2. The molecule has 1 aliphatic rings. The predicted octanol–water partition coefficient (Wildman–Crippen LogP) is 2.15. The van der Waals surface area contributed by atoms with Crippen LogP contribution in [-0.4, -0.2) is 18.0 Å². The Morgan fingerprint density at radius 2 is 1.80 bits per heavy atom. The van der Waals surface area contributed by atoms with Crippen molar-refractivity contribution in [2.45, 2.75) is 38.4 Å². The molecular weight excluding hydrogens is 188 g/mol. The second-order valence-corrected chi connectivity index (χ2v) is 4.47. The summed E-state index contributed by atoms with van der Waals surface area (Å²) in [6, 6.07) is 8.17.